The maximum atomic E-state index is 10.4. The molecule has 0 spiro atoms. The second-order valence-corrected chi connectivity index (χ2v) is 2.43. The number of hydrogen-bond donors (Lipinski definition) is 1. The maximum absolute atomic E-state index is 10.4. The summed E-state index contributed by atoms with van der Waals surface area (Å²) in [7, 11) is 0. The van der Waals surface area contributed by atoms with E-state index < -0.39 is 0 Å². The minimum atomic E-state index is -0.247. The maximum Gasteiger partial charge on any atom is 0.303 e. The summed E-state index contributed by atoms with van der Waals surface area (Å²) < 4.78 is 4.88. The zero-order valence-corrected chi connectivity index (χ0v) is 5.91. The molecule has 1 aliphatic rings. The largest absolute Gasteiger partial charge is 0.458 e. The molecule has 1 rings (SSSR count). The second-order valence-electron chi connectivity index (χ2n) is 2.43. The lowest BCUT2D eigenvalue weighted by Crippen LogP contribution is -2.19. The molecule has 56 valence electrons. The van der Waals surface area contributed by atoms with Crippen LogP contribution in [0.5, 0.6) is 0 Å². The number of carbonyl (C=O) groups is 1. The van der Waals surface area contributed by atoms with E-state index in [1.54, 1.807) is 0 Å². The van der Waals surface area contributed by atoms with Crippen molar-refractivity contribution in [3.05, 3.63) is 12.2 Å². The molecule has 0 aromatic carbocycles. The molecule has 3 nitrogen and oxygen atoms in total. The topological polar surface area (TPSA) is 52.3 Å². The van der Waals surface area contributed by atoms with Crippen molar-refractivity contribution in [1.82, 2.24) is 0 Å². The van der Waals surface area contributed by atoms with Crippen LogP contribution < -0.4 is 5.73 Å². The van der Waals surface area contributed by atoms with Gasteiger partial charge >= 0.3 is 5.97 Å². The van der Waals surface area contributed by atoms with Gasteiger partial charge in [0, 0.05) is 19.4 Å². The van der Waals surface area contributed by atoms with Crippen LogP contribution in [0.3, 0.4) is 0 Å². The van der Waals surface area contributed by atoms with Crippen molar-refractivity contribution in [2.24, 2.45) is 5.73 Å². The van der Waals surface area contributed by atoms with Crippen LogP contribution >= 0.6 is 0 Å². The van der Waals surface area contributed by atoms with Crippen LogP contribution in [0, 0.1) is 0 Å². The number of hydrogen-bond acceptors (Lipinski definition) is 3. The average Bonchev–Trinajstić information content (AvgIpc) is 2.13. The minimum absolute atomic E-state index is 0.0596. The highest BCUT2D eigenvalue weighted by Crippen LogP contribution is 2.11. The van der Waals surface area contributed by atoms with E-state index in [1.807, 2.05) is 12.2 Å². The van der Waals surface area contributed by atoms with Gasteiger partial charge in [-0.15, -0.1) is 0 Å². The van der Waals surface area contributed by atoms with Crippen LogP contribution in [-0.2, 0) is 9.53 Å². The molecule has 0 bridgehead atoms. The van der Waals surface area contributed by atoms with Crippen molar-refractivity contribution in [2.45, 2.75) is 25.5 Å². The van der Waals surface area contributed by atoms with Crippen LogP contribution in [0.25, 0.3) is 0 Å². The van der Waals surface area contributed by atoms with E-state index in [0.29, 0.717) is 0 Å². The van der Waals surface area contributed by atoms with Crippen molar-refractivity contribution in [2.75, 3.05) is 0 Å². The lowest BCUT2D eigenvalue weighted by molar-refractivity contribution is -0.144. The van der Waals surface area contributed by atoms with Gasteiger partial charge in [0.2, 0.25) is 0 Å². The molecule has 0 aromatic rings. The summed E-state index contributed by atoms with van der Waals surface area (Å²) in [5.74, 6) is -0.247. The molecule has 2 unspecified atom stereocenters. The quantitative estimate of drug-likeness (QED) is 0.419. The van der Waals surface area contributed by atoms with Crippen LogP contribution in [0.15, 0.2) is 12.2 Å². The van der Waals surface area contributed by atoms with E-state index >= 15 is 0 Å². The summed E-state index contributed by atoms with van der Waals surface area (Å²) >= 11 is 0. The van der Waals surface area contributed by atoms with E-state index in [2.05, 4.69) is 0 Å². The number of rotatable bonds is 1. The first-order chi connectivity index (χ1) is 4.68. The van der Waals surface area contributed by atoms with Gasteiger partial charge in [-0.2, -0.15) is 0 Å². The number of carbonyl (C=O) groups excluding carboxylic acids is 1. The van der Waals surface area contributed by atoms with Gasteiger partial charge in [0.15, 0.2) is 0 Å². The standard InChI is InChI=1S/C7H11NO2/c1-5(9)10-7-3-2-6(8)4-7/h2-3,6-7H,4,8H2,1H3. The third kappa shape index (κ3) is 1.84. The Morgan fingerprint density at radius 3 is 2.80 bits per heavy atom. The van der Waals surface area contributed by atoms with Crippen LogP contribution in [0.4, 0.5) is 0 Å². The van der Waals surface area contributed by atoms with Crippen LogP contribution in [0.1, 0.15) is 13.3 Å². The molecule has 0 radical (unpaired) electrons. The molecule has 10 heavy (non-hydrogen) atoms. The Balaban J connectivity index is 2.33. The van der Waals surface area contributed by atoms with Crippen molar-refractivity contribution in [3.63, 3.8) is 0 Å². The fraction of sp³-hybridized carbons (Fsp3) is 0.571. The zero-order valence-electron chi connectivity index (χ0n) is 5.91. The van der Waals surface area contributed by atoms with Crippen molar-refractivity contribution in [1.29, 1.82) is 0 Å². The normalized spacial score (nSPS) is 30.6. The van der Waals surface area contributed by atoms with E-state index in [4.69, 9.17) is 10.5 Å². The van der Waals surface area contributed by atoms with E-state index in [-0.39, 0.29) is 18.1 Å². The van der Waals surface area contributed by atoms with Crippen molar-refractivity contribution < 1.29 is 9.53 Å². The van der Waals surface area contributed by atoms with E-state index in [1.165, 1.54) is 6.92 Å². The highest BCUT2D eigenvalue weighted by atomic mass is 16.5. The van der Waals surface area contributed by atoms with Gasteiger partial charge in [0.25, 0.3) is 0 Å². The average molecular weight is 141 g/mol. The van der Waals surface area contributed by atoms with Crippen LogP contribution in [-0.4, -0.2) is 18.1 Å². The predicted octanol–water partition coefficient (Wildman–Crippen LogP) is 0.205. The molecule has 0 fully saturated rings. The molecule has 0 heterocycles. The molecule has 0 saturated carbocycles. The molecule has 0 aromatic heterocycles. The lowest BCUT2D eigenvalue weighted by Gasteiger charge is -2.08. The molecular formula is C7H11NO2. The Hall–Kier alpha value is -0.830. The Morgan fingerprint density at radius 1 is 1.70 bits per heavy atom. The highest BCUT2D eigenvalue weighted by Gasteiger charge is 2.17. The molecule has 2 N–H and O–H groups in total. The zero-order chi connectivity index (χ0) is 7.56. The molecule has 0 amide bonds. The summed E-state index contributed by atoms with van der Waals surface area (Å²) in [4.78, 5) is 10.4. The van der Waals surface area contributed by atoms with Crippen molar-refractivity contribution in [3.8, 4) is 0 Å². The number of ether oxygens (including phenoxy) is 1. The summed E-state index contributed by atoms with van der Waals surface area (Å²) in [5, 5.41) is 0. The Labute approximate surface area is 59.8 Å². The van der Waals surface area contributed by atoms with Gasteiger partial charge in [-0.1, -0.05) is 6.08 Å². The molecule has 3 heteroatoms. The first kappa shape index (κ1) is 7.28. The van der Waals surface area contributed by atoms with Gasteiger partial charge in [0.1, 0.15) is 6.10 Å². The molecular weight excluding hydrogens is 130 g/mol. The smallest absolute Gasteiger partial charge is 0.303 e. The van der Waals surface area contributed by atoms with Gasteiger partial charge in [0.05, 0.1) is 0 Å². The van der Waals surface area contributed by atoms with Crippen LogP contribution in [0.2, 0.25) is 0 Å². The van der Waals surface area contributed by atoms with E-state index in [9.17, 15) is 4.79 Å². The fourth-order valence-electron chi connectivity index (χ4n) is 0.993. The second kappa shape index (κ2) is 2.84. The summed E-state index contributed by atoms with van der Waals surface area (Å²) in [5.41, 5.74) is 5.52. The van der Waals surface area contributed by atoms with Crippen molar-refractivity contribution >= 4 is 5.97 Å². The summed E-state index contributed by atoms with van der Waals surface area (Å²) in [6.07, 6.45) is 4.31. The molecule has 2 atom stereocenters. The number of esters is 1. The first-order valence-electron chi connectivity index (χ1n) is 3.29. The monoisotopic (exact) mass is 141 g/mol. The SMILES string of the molecule is CC(=O)OC1C=CC(N)C1. The molecule has 0 saturated heterocycles. The third-order valence-corrected chi connectivity index (χ3v) is 1.39. The molecule has 0 aliphatic heterocycles. The Bertz CT molecular complexity index is 165. The first-order valence-corrected chi connectivity index (χ1v) is 3.29. The van der Waals surface area contributed by atoms with E-state index in [0.717, 1.165) is 6.42 Å². The Morgan fingerprint density at radius 2 is 2.40 bits per heavy atom. The van der Waals surface area contributed by atoms with Gasteiger partial charge in [-0.3, -0.25) is 4.79 Å². The van der Waals surface area contributed by atoms with Gasteiger partial charge in [-0.05, 0) is 6.08 Å². The fourth-order valence-corrected chi connectivity index (χ4v) is 0.993. The Kier molecular flexibility index (Phi) is 2.06. The van der Waals surface area contributed by atoms with Gasteiger partial charge in [-0.25, -0.2) is 0 Å². The summed E-state index contributed by atoms with van der Waals surface area (Å²) in [6.45, 7) is 1.40. The summed E-state index contributed by atoms with van der Waals surface area (Å²) in [6, 6.07) is 0.0596. The highest BCUT2D eigenvalue weighted by molar-refractivity contribution is 5.66. The predicted molar refractivity (Wildman–Crippen MR) is 37.3 cm³/mol. The van der Waals surface area contributed by atoms with Gasteiger partial charge < -0.3 is 10.5 Å². The molecule has 1 aliphatic carbocycles. The number of nitrogens with two attached hydrogens (primary N) is 1. The lowest BCUT2D eigenvalue weighted by atomic mass is 10.2. The minimum Gasteiger partial charge on any atom is -0.458 e. The third-order valence-electron chi connectivity index (χ3n) is 1.39.